The molecular weight excluding hydrogens is 308 g/mol. The third-order valence-corrected chi connectivity index (χ3v) is 5.18. The Hall–Kier alpha value is -1.88. The predicted octanol–water partition coefficient (Wildman–Crippen LogP) is 3.88. The normalized spacial score (nSPS) is 21.0. The fraction of sp³-hybridized carbons (Fsp3) is 0.444. The van der Waals surface area contributed by atoms with Crippen molar-refractivity contribution in [1.82, 2.24) is 10.3 Å². The Morgan fingerprint density at radius 2 is 2.00 bits per heavy atom. The lowest BCUT2D eigenvalue weighted by molar-refractivity contribution is 0.0894. The van der Waals surface area contributed by atoms with Gasteiger partial charge in [-0.1, -0.05) is 6.07 Å². The summed E-state index contributed by atoms with van der Waals surface area (Å²) in [5.74, 6) is 0.741. The van der Waals surface area contributed by atoms with Crippen molar-refractivity contribution in [2.24, 2.45) is 0 Å². The molecule has 122 valence electrons. The molecule has 5 heteroatoms. The summed E-state index contributed by atoms with van der Waals surface area (Å²) < 4.78 is 5.93. The molecule has 2 aromatic heterocycles. The lowest BCUT2D eigenvalue weighted by atomic mass is 9.93. The van der Waals surface area contributed by atoms with E-state index < -0.39 is 0 Å². The highest BCUT2D eigenvalue weighted by molar-refractivity contribution is 7.12. The van der Waals surface area contributed by atoms with Gasteiger partial charge in [-0.2, -0.15) is 0 Å². The zero-order chi connectivity index (χ0) is 16.2. The topological polar surface area (TPSA) is 51.2 Å². The van der Waals surface area contributed by atoms with Gasteiger partial charge in [0, 0.05) is 18.3 Å². The molecule has 1 aliphatic carbocycles. The number of ether oxygens (including phenoxy) is 1. The van der Waals surface area contributed by atoms with Crippen LogP contribution in [-0.4, -0.2) is 23.0 Å². The van der Waals surface area contributed by atoms with Crippen molar-refractivity contribution in [2.45, 2.75) is 51.7 Å². The number of aromatic nitrogens is 1. The molecule has 0 aromatic carbocycles. The van der Waals surface area contributed by atoms with Gasteiger partial charge in [0.2, 0.25) is 5.88 Å². The van der Waals surface area contributed by atoms with Gasteiger partial charge in [0.1, 0.15) is 6.10 Å². The summed E-state index contributed by atoms with van der Waals surface area (Å²) in [5, 5.41) is 5.15. The number of rotatable bonds is 4. The monoisotopic (exact) mass is 330 g/mol. The number of amides is 1. The van der Waals surface area contributed by atoms with Gasteiger partial charge >= 0.3 is 0 Å². The van der Waals surface area contributed by atoms with Crippen molar-refractivity contribution in [1.29, 1.82) is 0 Å². The molecule has 1 fully saturated rings. The van der Waals surface area contributed by atoms with E-state index in [9.17, 15) is 4.79 Å². The van der Waals surface area contributed by atoms with Gasteiger partial charge in [0.05, 0.1) is 4.88 Å². The number of aryl methyl sites for hydroxylation is 2. The number of hydrogen-bond donors (Lipinski definition) is 1. The molecule has 1 amide bonds. The summed E-state index contributed by atoms with van der Waals surface area (Å²) in [6.45, 7) is 4.02. The average molecular weight is 330 g/mol. The Kier molecular flexibility index (Phi) is 4.96. The Bertz CT molecular complexity index is 658. The van der Waals surface area contributed by atoms with E-state index in [-0.39, 0.29) is 18.1 Å². The first-order valence-corrected chi connectivity index (χ1v) is 8.93. The van der Waals surface area contributed by atoms with Gasteiger partial charge in [-0.05, 0) is 62.1 Å². The van der Waals surface area contributed by atoms with Crippen LogP contribution in [0, 0.1) is 13.8 Å². The summed E-state index contributed by atoms with van der Waals surface area (Å²) >= 11 is 1.50. The third-order valence-electron chi connectivity index (χ3n) is 4.14. The van der Waals surface area contributed by atoms with E-state index in [1.54, 1.807) is 0 Å². The molecule has 1 saturated carbocycles. The first kappa shape index (κ1) is 16.0. The van der Waals surface area contributed by atoms with Crippen molar-refractivity contribution >= 4 is 17.2 Å². The second kappa shape index (κ2) is 7.13. The van der Waals surface area contributed by atoms with Gasteiger partial charge in [-0.3, -0.25) is 4.79 Å². The van der Waals surface area contributed by atoms with Crippen molar-refractivity contribution < 1.29 is 9.53 Å². The highest BCUT2D eigenvalue weighted by Crippen LogP contribution is 2.23. The third kappa shape index (κ3) is 4.32. The molecule has 0 spiro atoms. The number of hydrogen-bond acceptors (Lipinski definition) is 4. The van der Waals surface area contributed by atoms with Crippen LogP contribution < -0.4 is 10.1 Å². The molecule has 0 saturated heterocycles. The van der Waals surface area contributed by atoms with Crippen LogP contribution in [0.3, 0.4) is 0 Å². The Morgan fingerprint density at radius 1 is 1.22 bits per heavy atom. The van der Waals surface area contributed by atoms with E-state index in [1.807, 2.05) is 43.6 Å². The molecule has 4 nitrogen and oxygen atoms in total. The Balaban J connectivity index is 1.46. The molecular formula is C18H22N2O2S. The van der Waals surface area contributed by atoms with Crippen LogP contribution in [-0.2, 0) is 0 Å². The Labute approximate surface area is 140 Å². The zero-order valence-electron chi connectivity index (χ0n) is 13.5. The quantitative estimate of drug-likeness (QED) is 0.925. The smallest absolute Gasteiger partial charge is 0.261 e. The summed E-state index contributed by atoms with van der Waals surface area (Å²) in [6, 6.07) is 6.12. The molecule has 3 rings (SSSR count). The minimum Gasteiger partial charge on any atom is -0.474 e. The number of thiophene rings is 1. The number of carbonyl (C=O) groups is 1. The fourth-order valence-corrected chi connectivity index (χ4v) is 3.63. The number of nitrogens with one attached hydrogen (secondary N) is 1. The van der Waals surface area contributed by atoms with Crippen LogP contribution in [0.5, 0.6) is 5.88 Å². The average Bonchev–Trinajstić information content (AvgIpc) is 2.98. The van der Waals surface area contributed by atoms with Gasteiger partial charge in [-0.15, -0.1) is 11.3 Å². The summed E-state index contributed by atoms with van der Waals surface area (Å²) in [7, 11) is 0. The minimum absolute atomic E-state index is 0.0488. The van der Waals surface area contributed by atoms with Gasteiger partial charge in [0.15, 0.2) is 0 Å². The molecule has 1 N–H and O–H groups in total. The van der Waals surface area contributed by atoms with Crippen molar-refractivity contribution in [2.75, 3.05) is 0 Å². The minimum atomic E-state index is 0.0488. The summed E-state index contributed by atoms with van der Waals surface area (Å²) in [4.78, 5) is 17.3. The van der Waals surface area contributed by atoms with E-state index in [2.05, 4.69) is 10.3 Å². The summed E-state index contributed by atoms with van der Waals surface area (Å²) in [5.41, 5.74) is 2.27. The largest absolute Gasteiger partial charge is 0.474 e. The molecule has 2 heterocycles. The number of nitrogens with zero attached hydrogens (tertiary/aromatic N) is 1. The van der Waals surface area contributed by atoms with Crippen LogP contribution in [0.25, 0.3) is 0 Å². The molecule has 0 radical (unpaired) electrons. The van der Waals surface area contributed by atoms with E-state index in [4.69, 9.17) is 4.74 Å². The first-order chi connectivity index (χ1) is 11.1. The second-order valence-electron chi connectivity index (χ2n) is 6.23. The van der Waals surface area contributed by atoms with Crippen molar-refractivity contribution in [3.63, 3.8) is 0 Å². The van der Waals surface area contributed by atoms with Gasteiger partial charge in [0.25, 0.3) is 5.91 Å². The predicted molar refractivity (Wildman–Crippen MR) is 92.2 cm³/mol. The summed E-state index contributed by atoms with van der Waals surface area (Å²) in [6.07, 6.45) is 5.82. The maximum absolute atomic E-state index is 12.2. The maximum Gasteiger partial charge on any atom is 0.261 e. The lowest BCUT2D eigenvalue weighted by Crippen LogP contribution is -2.39. The molecule has 2 aromatic rings. The highest BCUT2D eigenvalue weighted by Gasteiger charge is 2.24. The fourth-order valence-electron chi connectivity index (χ4n) is 2.83. The van der Waals surface area contributed by atoms with Crippen LogP contribution in [0.2, 0.25) is 0 Å². The molecule has 23 heavy (non-hydrogen) atoms. The van der Waals surface area contributed by atoms with Crippen LogP contribution in [0.1, 0.15) is 46.5 Å². The molecule has 0 atom stereocenters. The van der Waals surface area contributed by atoms with Gasteiger partial charge in [-0.25, -0.2) is 4.98 Å². The van der Waals surface area contributed by atoms with E-state index in [1.165, 1.54) is 11.3 Å². The Morgan fingerprint density at radius 3 is 2.61 bits per heavy atom. The zero-order valence-corrected chi connectivity index (χ0v) is 14.4. The molecule has 1 aliphatic rings. The van der Waals surface area contributed by atoms with Crippen molar-refractivity contribution in [3.8, 4) is 5.88 Å². The first-order valence-electron chi connectivity index (χ1n) is 8.05. The standard InChI is InChI=1S/C18H22N2O2S/c1-12-3-8-17(19-10-12)22-15-6-4-14(5-7-15)20-18(21)16-9-13(2)11-23-16/h3,8-11,14-15H,4-7H2,1-2H3,(H,20,21). The molecule has 0 unspecified atom stereocenters. The van der Waals surface area contributed by atoms with Crippen molar-refractivity contribution in [3.05, 3.63) is 45.8 Å². The molecule has 0 aliphatic heterocycles. The van der Waals surface area contributed by atoms with Crippen LogP contribution in [0.15, 0.2) is 29.8 Å². The maximum atomic E-state index is 12.2. The SMILES string of the molecule is Cc1ccc(OC2CCC(NC(=O)c3cc(C)cs3)CC2)nc1. The highest BCUT2D eigenvalue weighted by atomic mass is 32.1. The second-order valence-corrected chi connectivity index (χ2v) is 7.14. The van der Waals surface area contributed by atoms with Crippen LogP contribution >= 0.6 is 11.3 Å². The van der Waals surface area contributed by atoms with E-state index in [0.29, 0.717) is 5.88 Å². The van der Waals surface area contributed by atoms with E-state index in [0.717, 1.165) is 41.7 Å². The molecule has 0 bridgehead atoms. The van der Waals surface area contributed by atoms with Gasteiger partial charge < -0.3 is 10.1 Å². The number of pyridine rings is 1. The van der Waals surface area contributed by atoms with Crippen LogP contribution in [0.4, 0.5) is 0 Å². The van der Waals surface area contributed by atoms with E-state index >= 15 is 0 Å². The lowest BCUT2D eigenvalue weighted by Gasteiger charge is -2.29. The number of carbonyl (C=O) groups excluding carboxylic acids is 1.